The molecule has 4 rings (SSSR count). The molecule has 1 aromatic carbocycles. The lowest BCUT2D eigenvalue weighted by atomic mass is 9.94. The molecular weight excluding hydrogens is 365 g/mol. The summed E-state index contributed by atoms with van der Waals surface area (Å²) in [4.78, 5) is 18.8. The first-order valence-electron chi connectivity index (χ1n) is 9.05. The van der Waals surface area contributed by atoms with Crippen molar-refractivity contribution in [1.29, 1.82) is 0 Å². The van der Waals surface area contributed by atoms with E-state index in [9.17, 15) is 9.18 Å². The lowest BCUT2D eigenvalue weighted by Gasteiger charge is -2.32. The van der Waals surface area contributed by atoms with Crippen LogP contribution in [0.4, 0.5) is 4.39 Å². The Balaban J connectivity index is 1.38. The summed E-state index contributed by atoms with van der Waals surface area (Å²) in [7, 11) is 0. The molecule has 1 saturated heterocycles. The highest BCUT2D eigenvalue weighted by atomic mass is 32.1. The van der Waals surface area contributed by atoms with Crippen molar-refractivity contribution < 1.29 is 13.7 Å². The number of nitrogens with zero attached hydrogens (tertiary/aromatic N) is 3. The van der Waals surface area contributed by atoms with E-state index in [0.717, 1.165) is 24.9 Å². The summed E-state index contributed by atoms with van der Waals surface area (Å²) in [5.74, 6) is 0.831. The average Bonchev–Trinajstić information content (AvgIpc) is 3.34. The van der Waals surface area contributed by atoms with Gasteiger partial charge in [-0.1, -0.05) is 17.3 Å². The summed E-state index contributed by atoms with van der Waals surface area (Å²) < 4.78 is 19.2. The summed E-state index contributed by atoms with van der Waals surface area (Å²) >= 11 is 1.61. The Kier molecular flexibility index (Phi) is 5.29. The van der Waals surface area contributed by atoms with E-state index in [1.165, 1.54) is 6.07 Å². The van der Waals surface area contributed by atoms with Gasteiger partial charge >= 0.3 is 0 Å². The van der Waals surface area contributed by atoms with Crippen molar-refractivity contribution in [3.63, 3.8) is 0 Å². The minimum atomic E-state index is -0.368. The maximum absolute atomic E-state index is 13.9. The Morgan fingerprint density at radius 3 is 3.04 bits per heavy atom. The molecule has 140 valence electrons. The molecule has 1 atom stereocenters. The minimum absolute atomic E-state index is 0.163. The molecule has 27 heavy (non-hydrogen) atoms. The molecule has 2 aromatic heterocycles. The van der Waals surface area contributed by atoms with Crippen molar-refractivity contribution >= 4 is 17.2 Å². The van der Waals surface area contributed by atoms with Crippen molar-refractivity contribution in [3.8, 4) is 11.4 Å². The fraction of sp³-hybridized carbons (Fsp3) is 0.350. The number of hydrogen-bond acceptors (Lipinski definition) is 5. The van der Waals surface area contributed by atoms with Gasteiger partial charge in [0.05, 0.1) is 12.0 Å². The van der Waals surface area contributed by atoms with Gasteiger partial charge in [-0.3, -0.25) is 4.79 Å². The lowest BCUT2D eigenvalue weighted by molar-refractivity contribution is -0.132. The lowest BCUT2D eigenvalue weighted by Crippen LogP contribution is -2.41. The zero-order chi connectivity index (χ0) is 18.6. The van der Waals surface area contributed by atoms with Crippen LogP contribution in [0.2, 0.25) is 0 Å². The Bertz CT molecular complexity index is 910. The largest absolute Gasteiger partial charge is 0.342 e. The van der Waals surface area contributed by atoms with E-state index in [-0.39, 0.29) is 23.5 Å². The number of aromatic nitrogens is 2. The SMILES string of the molecule is O=C(Cc1ccsc1)N1CCCC(Cc2nc(-c3ccccc3F)no2)C1. The van der Waals surface area contributed by atoms with Crippen LogP contribution in [0.25, 0.3) is 11.4 Å². The van der Waals surface area contributed by atoms with E-state index in [0.29, 0.717) is 30.8 Å². The monoisotopic (exact) mass is 385 g/mol. The van der Waals surface area contributed by atoms with Gasteiger partial charge in [0.1, 0.15) is 5.82 Å². The smallest absolute Gasteiger partial charge is 0.227 e. The summed E-state index contributed by atoms with van der Waals surface area (Å²) in [5, 5.41) is 7.92. The van der Waals surface area contributed by atoms with Crippen molar-refractivity contribution in [2.45, 2.75) is 25.7 Å². The third-order valence-electron chi connectivity index (χ3n) is 4.85. The van der Waals surface area contributed by atoms with Gasteiger partial charge in [0.2, 0.25) is 17.6 Å². The van der Waals surface area contributed by atoms with Crippen molar-refractivity contribution in [2.75, 3.05) is 13.1 Å². The Hall–Kier alpha value is -2.54. The van der Waals surface area contributed by atoms with Gasteiger partial charge in [0.25, 0.3) is 0 Å². The Morgan fingerprint density at radius 2 is 2.22 bits per heavy atom. The van der Waals surface area contributed by atoms with E-state index in [4.69, 9.17) is 4.52 Å². The third-order valence-corrected chi connectivity index (χ3v) is 5.59. The van der Waals surface area contributed by atoms with E-state index < -0.39 is 0 Å². The van der Waals surface area contributed by atoms with Gasteiger partial charge in [-0.15, -0.1) is 0 Å². The molecule has 1 unspecified atom stereocenters. The number of halogens is 1. The van der Waals surface area contributed by atoms with Crippen LogP contribution in [0.15, 0.2) is 45.6 Å². The van der Waals surface area contributed by atoms with Crippen LogP contribution >= 0.6 is 11.3 Å². The first-order chi connectivity index (χ1) is 13.2. The molecule has 3 aromatic rings. The molecule has 7 heteroatoms. The summed E-state index contributed by atoms with van der Waals surface area (Å²) in [6, 6.07) is 8.38. The van der Waals surface area contributed by atoms with E-state index in [1.807, 2.05) is 21.7 Å². The molecule has 1 aliphatic rings. The molecule has 5 nitrogen and oxygen atoms in total. The van der Waals surface area contributed by atoms with Crippen molar-refractivity contribution in [1.82, 2.24) is 15.0 Å². The first kappa shape index (κ1) is 17.9. The van der Waals surface area contributed by atoms with Gasteiger partial charge in [0.15, 0.2) is 0 Å². The molecule has 0 aliphatic carbocycles. The molecule has 0 spiro atoms. The van der Waals surface area contributed by atoms with Crippen molar-refractivity contribution in [3.05, 3.63) is 58.4 Å². The number of amides is 1. The maximum Gasteiger partial charge on any atom is 0.227 e. The number of likely N-dealkylation sites (tertiary alicyclic amines) is 1. The summed E-state index contributed by atoms with van der Waals surface area (Å²) in [6.45, 7) is 1.49. The molecule has 1 fully saturated rings. The quantitative estimate of drug-likeness (QED) is 0.667. The Morgan fingerprint density at radius 1 is 1.33 bits per heavy atom. The summed E-state index contributed by atoms with van der Waals surface area (Å²) in [5.41, 5.74) is 1.40. The molecule has 1 amide bonds. The number of piperidine rings is 1. The second kappa shape index (κ2) is 8.00. The summed E-state index contributed by atoms with van der Waals surface area (Å²) in [6.07, 6.45) is 3.03. The number of benzene rings is 1. The van der Waals surface area contributed by atoms with Gasteiger partial charge in [0, 0.05) is 19.5 Å². The highest BCUT2D eigenvalue weighted by molar-refractivity contribution is 7.08. The highest BCUT2D eigenvalue weighted by Gasteiger charge is 2.25. The maximum atomic E-state index is 13.9. The van der Waals surface area contributed by atoms with Crippen LogP contribution in [0.5, 0.6) is 0 Å². The number of hydrogen-bond donors (Lipinski definition) is 0. The normalized spacial score (nSPS) is 17.2. The van der Waals surface area contributed by atoms with Gasteiger partial charge in [-0.2, -0.15) is 16.3 Å². The molecule has 0 saturated carbocycles. The number of rotatable bonds is 5. The number of carbonyl (C=O) groups excluding carboxylic acids is 1. The fourth-order valence-electron chi connectivity index (χ4n) is 3.47. The van der Waals surface area contributed by atoms with E-state index in [2.05, 4.69) is 10.1 Å². The standard InChI is InChI=1S/C20H20FN3O2S/c21-17-6-2-1-5-16(17)20-22-18(26-23-20)10-14-4-3-8-24(12-14)19(25)11-15-7-9-27-13-15/h1-2,5-7,9,13-14H,3-4,8,10-12H2. The van der Waals surface area contributed by atoms with Crippen LogP contribution in [0, 0.1) is 11.7 Å². The van der Waals surface area contributed by atoms with E-state index >= 15 is 0 Å². The molecule has 0 N–H and O–H groups in total. The van der Waals surface area contributed by atoms with Gasteiger partial charge in [-0.05, 0) is 53.3 Å². The molecule has 0 radical (unpaired) electrons. The molecule has 1 aliphatic heterocycles. The topological polar surface area (TPSA) is 59.2 Å². The fourth-order valence-corrected chi connectivity index (χ4v) is 4.14. The predicted octanol–water partition coefficient (Wildman–Crippen LogP) is 3.96. The van der Waals surface area contributed by atoms with Crippen LogP contribution in [0.1, 0.15) is 24.3 Å². The van der Waals surface area contributed by atoms with E-state index in [1.54, 1.807) is 29.5 Å². The first-order valence-corrected chi connectivity index (χ1v) is 9.99. The average molecular weight is 385 g/mol. The van der Waals surface area contributed by atoms with Gasteiger partial charge in [-0.25, -0.2) is 4.39 Å². The third kappa shape index (κ3) is 4.24. The van der Waals surface area contributed by atoms with Crippen LogP contribution < -0.4 is 0 Å². The molecular formula is C20H20FN3O2S. The molecule has 3 heterocycles. The molecule has 0 bridgehead atoms. The predicted molar refractivity (Wildman–Crippen MR) is 101 cm³/mol. The number of carbonyl (C=O) groups is 1. The van der Waals surface area contributed by atoms with Crippen LogP contribution in [-0.2, 0) is 17.6 Å². The highest BCUT2D eigenvalue weighted by Crippen LogP contribution is 2.24. The van der Waals surface area contributed by atoms with Gasteiger partial charge < -0.3 is 9.42 Å². The van der Waals surface area contributed by atoms with Crippen molar-refractivity contribution in [2.24, 2.45) is 5.92 Å². The van der Waals surface area contributed by atoms with Crippen LogP contribution in [-0.4, -0.2) is 34.0 Å². The zero-order valence-electron chi connectivity index (χ0n) is 14.8. The second-order valence-corrected chi connectivity index (χ2v) is 7.63. The van der Waals surface area contributed by atoms with Crippen LogP contribution in [0.3, 0.4) is 0 Å². The Labute approximate surface area is 160 Å². The number of thiophene rings is 1. The zero-order valence-corrected chi connectivity index (χ0v) is 15.6. The minimum Gasteiger partial charge on any atom is -0.342 e. The second-order valence-electron chi connectivity index (χ2n) is 6.85.